The Labute approximate surface area is 102 Å². The minimum Gasteiger partial charge on any atom is -0.408 e. The Hall–Kier alpha value is -1.75. The summed E-state index contributed by atoms with van der Waals surface area (Å²) in [5, 5.41) is 2.73. The van der Waals surface area contributed by atoms with E-state index in [2.05, 4.69) is 10.3 Å². The number of aromatic nitrogens is 1. The molecule has 1 aromatic heterocycles. The Morgan fingerprint density at radius 2 is 2.29 bits per heavy atom. The largest absolute Gasteiger partial charge is 0.417 e. The molecule has 0 saturated heterocycles. The average Bonchev–Trinajstić information content (AvgIpc) is 2.66. The van der Waals surface area contributed by atoms with Gasteiger partial charge in [0, 0.05) is 18.8 Å². The number of benzene rings is 1. The van der Waals surface area contributed by atoms with Crippen LogP contribution >= 0.6 is 11.6 Å². The van der Waals surface area contributed by atoms with Crippen molar-refractivity contribution in [2.24, 2.45) is 0 Å². The number of amides is 1. The molecule has 0 aliphatic carbocycles. The maximum atomic E-state index is 11.2. The molecule has 0 fully saturated rings. The maximum Gasteiger partial charge on any atom is 0.417 e. The van der Waals surface area contributed by atoms with Gasteiger partial charge in [0.15, 0.2) is 5.58 Å². The number of rotatable bonds is 4. The number of hydrogen-bond donors (Lipinski definition) is 2. The molecule has 5 nitrogen and oxygen atoms in total. The first-order chi connectivity index (χ1) is 8.19. The summed E-state index contributed by atoms with van der Waals surface area (Å²) in [5.41, 5.74) is 2.02. The Morgan fingerprint density at radius 3 is 3.06 bits per heavy atom. The lowest BCUT2D eigenvalue weighted by Crippen LogP contribution is -2.22. The Morgan fingerprint density at radius 1 is 1.47 bits per heavy atom. The van der Waals surface area contributed by atoms with Gasteiger partial charge in [0.25, 0.3) is 0 Å². The highest BCUT2D eigenvalue weighted by molar-refractivity contribution is 6.18. The van der Waals surface area contributed by atoms with Crippen LogP contribution < -0.4 is 11.1 Å². The number of carbonyl (C=O) groups is 1. The lowest BCUT2D eigenvalue weighted by molar-refractivity contribution is -0.120. The lowest BCUT2D eigenvalue weighted by atomic mass is 10.2. The molecule has 17 heavy (non-hydrogen) atoms. The molecule has 0 unspecified atom stereocenters. The molecule has 0 saturated carbocycles. The zero-order valence-corrected chi connectivity index (χ0v) is 9.71. The van der Waals surface area contributed by atoms with Crippen molar-refractivity contribution in [2.45, 2.75) is 13.0 Å². The van der Waals surface area contributed by atoms with Crippen LogP contribution in [-0.4, -0.2) is 16.8 Å². The van der Waals surface area contributed by atoms with Gasteiger partial charge in [0.05, 0.1) is 5.52 Å². The summed E-state index contributed by atoms with van der Waals surface area (Å²) in [5.74, 6) is -0.274. The average molecular weight is 255 g/mol. The van der Waals surface area contributed by atoms with E-state index in [1.165, 1.54) is 0 Å². The van der Waals surface area contributed by atoms with E-state index >= 15 is 0 Å². The zero-order chi connectivity index (χ0) is 12.3. The smallest absolute Gasteiger partial charge is 0.408 e. The highest BCUT2D eigenvalue weighted by Gasteiger charge is 2.03. The second-order valence-corrected chi connectivity index (χ2v) is 3.94. The molecule has 2 N–H and O–H groups in total. The summed E-state index contributed by atoms with van der Waals surface area (Å²) in [6, 6.07) is 5.25. The van der Waals surface area contributed by atoms with E-state index < -0.39 is 5.76 Å². The van der Waals surface area contributed by atoms with E-state index in [-0.39, 0.29) is 5.91 Å². The summed E-state index contributed by atoms with van der Waals surface area (Å²) < 4.78 is 4.87. The van der Waals surface area contributed by atoms with Crippen LogP contribution in [0.2, 0.25) is 0 Å². The number of halogens is 1. The van der Waals surface area contributed by atoms with Crippen LogP contribution in [0.1, 0.15) is 12.0 Å². The first-order valence-electron chi connectivity index (χ1n) is 5.13. The normalized spacial score (nSPS) is 10.6. The molecule has 1 aromatic carbocycles. The summed E-state index contributed by atoms with van der Waals surface area (Å²) >= 11 is 5.45. The van der Waals surface area contributed by atoms with Gasteiger partial charge in [-0.15, -0.1) is 11.6 Å². The predicted octanol–water partition coefficient (Wildman–Crippen LogP) is 1.37. The molecule has 0 radical (unpaired) electrons. The van der Waals surface area contributed by atoms with Crippen molar-refractivity contribution in [3.05, 3.63) is 34.3 Å². The Kier molecular flexibility index (Phi) is 3.49. The van der Waals surface area contributed by atoms with E-state index in [4.69, 9.17) is 16.0 Å². The van der Waals surface area contributed by atoms with Gasteiger partial charge in [0.1, 0.15) is 0 Å². The van der Waals surface area contributed by atoms with Gasteiger partial charge in [-0.2, -0.15) is 0 Å². The van der Waals surface area contributed by atoms with Crippen molar-refractivity contribution >= 4 is 28.6 Å². The SMILES string of the molecule is O=C(CCCl)NCc1ccc2oc(=O)[nH]c2c1. The molecule has 0 atom stereocenters. The molecule has 0 aliphatic heterocycles. The summed E-state index contributed by atoms with van der Waals surface area (Å²) in [6.07, 6.45) is 0.298. The van der Waals surface area contributed by atoms with Crippen molar-refractivity contribution in [3.8, 4) is 0 Å². The number of alkyl halides is 1. The van der Waals surface area contributed by atoms with Crippen LogP contribution in [-0.2, 0) is 11.3 Å². The van der Waals surface area contributed by atoms with Gasteiger partial charge >= 0.3 is 5.76 Å². The number of carbonyl (C=O) groups excluding carboxylic acids is 1. The number of aromatic amines is 1. The van der Waals surface area contributed by atoms with Crippen molar-refractivity contribution in [2.75, 3.05) is 5.88 Å². The van der Waals surface area contributed by atoms with Crippen molar-refractivity contribution < 1.29 is 9.21 Å². The Balaban J connectivity index is 2.08. The summed E-state index contributed by atoms with van der Waals surface area (Å²) in [6.45, 7) is 0.402. The van der Waals surface area contributed by atoms with E-state index in [1.807, 2.05) is 0 Å². The van der Waals surface area contributed by atoms with E-state index in [9.17, 15) is 9.59 Å². The topological polar surface area (TPSA) is 75.1 Å². The highest BCUT2D eigenvalue weighted by Crippen LogP contribution is 2.11. The van der Waals surface area contributed by atoms with Gasteiger partial charge in [0.2, 0.25) is 5.91 Å². The number of nitrogens with one attached hydrogen (secondary N) is 2. The molecule has 0 spiro atoms. The lowest BCUT2D eigenvalue weighted by Gasteiger charge is -2.03. The molecule has 2 rings (SSSR count). The molecule has 1 amide bonds. The molecule has 90 valence electrons. The van der Waals surface area contributed by atoms with Gasteiger partial charge < -0.3 is 9.73 Å². The fourth-order valence-corrected chi connectivity index (χ4v) is 1.66. The summed E-state index contributed by atoms with van der Waals surface area (Å²) in [4.78, 5) is 24.7. The Bertz CT molecular complexity index is 588. The standard InChI is InChI=1S/C11H11ClN2O3/c12-4-3-10(15)13-6-7-1-2-9-8(5-7)14-11(16)17-9/h1-2,5H,3-4,6H2,(H,13,15)(H,14,16). The molecular weight excluding hydrogens is 244 g/mol. The van der Waals surface area contributed by atoms with Crippen LogP contribution in [0, 0.1) is 0 Å². The second kappa shape index (κ2) is 5.05. The second-order valence-electron chi connectivity index (χ2n) is 3.56. The number of fused-ring (bicyclic) bond motifs is 1. The molecule has 6 heteroatoms. The van der Waals surface area contributed by atoms with Gasteiger partial charge in [-0.3, -0.25) is 9.78 Å². The zero-order valence-electron chi connectivity index (χ0n) is 8.96. The third kappa shape index (κ3) is 2.88. The quantitative estimate of drug-likeness (QED) is 0.809. The molecule has 2 aromatic rings. The molecular formula is C11H11ClN2O3. The number of hydrogen-bond acceptors (Lipinski definition) is 3. The first-order valence-corrected chi connectivity index (χ1v) is 5.67. The first kappa shape index (κ1) is 11.7. The van der Waals surface area contributed by atoms with Crippen LogP contribution in [0.15, 0.2) is 27.4 Å². The third-order valence-electron chi connectivity index (χ3n) is 2.29. The van der Waals surface area contributed by atoms with Crippen LogP contribution in [0.3, 0.4) is 0 Å². The van der Waals surface area contributed by atoms with E-state index in [0.717, 1.165) is 5.56 Å². The third-order valence-corrected chi connectivity index (χ3v) is 2.48. The van der Waals surface area contributed by atoms with Crippen molar-refractivity contribution in [3.63, 3.8) is 0 Å². The van der Waals surface area contributed by atoms with Gasteiger partial charge in [-0.05, 0) is 17.7 Å². The summed E-state index contributed by atoms with van der Waals surface area (Å²) in [7, 11) is 0. The molecule has 1 heterocycles. The molecule has 0 bridgehead atoms. The van der Waals surface area contributed by atoms with E-state index in [0.29, 0.717) is 29.9 Å². The van der Waals surface area contributed by atoms with Crippen LogP contribution in [0.5, 0.6) is 0 Å². The minimum atomic E-state index is -0.483. The maximum absolute atomic E-state index is 11.2. The van der Waals surface area contributed by atoms with Gasteiger partial charge in [-0.1, -0.05) is 6.07 Å². The minimum absolute atomic E-state index is 0.0965. The highest BCUT2D eigenvalue weighted by atomic mass is 35.5. The molecule has 0 aliphatic rings. The van der Waals surface area contributed by atoms with E-state index in [1.54, 1.807) is 18.2 Å². The number of oxazole rings is 1. The fraction of sp³-hybridized carbons (Fsp3) is 0.273. The fourth-order valence-electron chi connectivity index (χ4n) is 1.48. The predicted molar refractivity (Wildman–Crippen MR) is 64.0 cm³/mol. The number of H-pyrrole nitrogens is 1. The van der Waals surface area contributed by atoms with Crippen molar-refractivity contribution in [1.29, 1.82) is 0 Å². The monoisotopic (exact) mass is 254 g/mol. The van der Waals surface area contributed by atoms with Crippen LogP contribution in [0.25, 0.3) is 11.1 Å². The van der Waals surface area contributed by atoms with Crippen molar-refractivity contribution in [1.82, 2.24) is 10.3 Å². The van der Waals surface area contributed by atoms with Crippen LogP contribution in [0.4, 0.5) is 0 Å². The van der Waals surface area contributed by atoms with Gasteiger partial charge in [-0.25, -0.2) is 4.79 Å².